The first-order chi connectivity index (χ1) is 16.6. The van der Waals surface area contributed by atoms with Gasteiger partial charge >= 0.3 is 6.18 Å². The lowest BCUT2D eigenvalue weighted by Crippen LogP contribution is -2.43. The number of carbonyl (C=O) groups is 1. The fourth-order valence-electron chi connectivity index (χ4n) is 4.16. The predicted molar refractivity (Wildman–Crippen MR) is 135 cm³/mol. The van der Waals surface area contributed by atoms with Gasteiger partial charge in [0.15, 0.2) is 0 Å². The molecule has 0 spiro atoms. The van der Waals surface area contributed by atoms with E-state index in [1.54, 1.807) is 12.1 Å². The molecule has 2 aromatic rings. The molecule has 5 nitrogen and oxygen atoms in total. The molecule has 2 aromatic carbocycles. The zero-order chi connectivity index (χ0) is 25.6. The predicted octanol–water partition coefficient (Wildman–Crippen LogP) is 7.71. The van der Waals surface area contributed by atoms with Crippen LogP contribution >= 0.6 is 0 Å². The Balaban J connectivity index is 1.78. The summed E-state index contributed by atoms with van der Waals surface area (Å²) in [6.45, 7) is 6.08. The highest BCUT2D eigenvalue weighted by Crippen LogP contribution is 2.39. The van der Waals surface area contributed by atoms with Crippen molar-refractivity contribution >= 4 is 28.5 Å². The summed E-state index contributed by atoms with van der Waals surface area (Å²) in [4.78, 5) is 12.8. The molecule has 188 valence electrons. The normalized spacial score (nSPS) is 19.0. The number of anilines is 3. The quantitative estimate of drug-likeness (QED) is 0.227. The fraction of sp³-hybridized carbons (Fsp3) is 0.370. The number of unbranched alkanes of at least 4 members (excludes halogenated alkanes) is 1. The van der Waals surface area contributed by atoms with Gasteiger partial charge < -0.3 is 21.1 Å². The summed E-state index contributed by atoms with van der Waals surface area (Å²) in [5.74, 6) is -0.372. The van der Waals surface area contributed by atoms with E-state index in [-0.39, 0.29) is 5.91 Å². The van der Waals surface area contributed by atoms with Crippen molar-refractivity contribution in [2.45, 2.75) is 64.6 Å². The zero-order valence-corrected chi connectivity index (χ0v) is 20.2. The Labute approximate surface area is 204 Å². The van der Waals surface area contributed by atoms with Gasteiger partial charge in [-0.1, -0.05) is 45.2 Å². The van der Waals surface area contributed by atoms with Gasteiger partial charge in [0.05, 0.1) is 28.2 Å². The lowest BCUT2D eigenvalue weighted by molar-refractivity contribution is -0.137. The summed E-state index contributed by atoms with van der Waals surface area (Å²) in [6, 6.07) is 10.3. The van der Waals surface area contributed by atoms with Crippen LogP contribution in [0.15, 0.2) is 60.5 Å². The molecule has 1 aliphatic rings. The van der Waals surface area contributed by atoms with Gasteiger partial charge in [-0.2, -0.15) is 13.2 Å². The second kappa shape index (κ2) is 10.9. The topological polar surface area (TPSA) is 73.4 Å². The number of allylic oxidation sites excluding steroid dienone is 1. The van der Waals surface area contributed by atoms with Crippen LogP contribution < -0.4 is 16.0 Å². The van der Waals surface area contributed by atoms with Gasteiger partial charge in [-0.15, -0.1) is 0 Å². The molecule has 0 bridgehead atoms. The maximum Gasteiger partial charge on any atom is 0.416 e. The summed E-state index contributed by atoms with van der Waals surface area (Å²) in [6.07, 6.45) is 2.26. The molecule has 1 atom stereocenters. The van der Waals surface area contributed by atoms with Gasteiger partial charge in [0.2, 0.25) is 5.91 Å². The number of alkyl halides is 3. The van der Waals surface area contributed by atoms with Crippen molar-refractivity contribution in [2.75, 3.05) is 16.0 Å². The van der Waals surface area contributed by atoms with Crippen LogP contribution in [0.25, 0.3) is 5.57 Å². The zero-order valence-electron chi connectivity index (χ0n) is 20.2. The van der Waals surface area contributed by atoms with E-state index < -0.39 is 17.3 Å². The molecule has 3 rings (SSSR count). The van der Waals surface area contributed by atoms with E-state index in [1.807, 2.05) is 19.9 Å². The van der Waals surface area contributed by atoms with E-state index in [9.17, 15) is 23.1 Å². The van der Waals surface area contributed by atoms with Crippen molar-refractivity contribution in [3.8, 4) is 0 Å². The molecule has 1 unspecified atom stereocenters. The van der Waals surface area contributed by atoms with Crippen LogP contribution in [-0.4, -0.2) is 16.6 Å². The monoisotopic (exact) mass is 487 g/mol. The molecule has 35 heavy (non-hydrogen) atoms. The van der Waals surface area contributed by atoms with Gasteiger partial charge in [0.25, 0.3) is 0 Å². The number of halogens is 3. The second-order valence-electron chi connectivity index (χ2n) is 8.97. The highest BCUT2D eigenvalue weighted by Gasteiger charge is 2.34. The van der Waals surface area contributed by atoms with E-state index in [2.05, 4.69) is 22.9 Å². The molecule has 0 radical (unpaired) electrons. The SMILES string of the molecule is CCCCC1(C)Nc2ccc(NC(=O)/C=C(\CCC)c3ccc(C(F)(F)F)cc3)cc2NC1=CO. The summed E-state index contributed by atoms with van der Waals surface area (Å²) in [5.41, 5.74) is 2.87. The number of aliphatic hydroxyl groups is 1. The van der Waals surface area contributed by atoms with E-state index in [0.29, 0.717) is 28.9 Å². The van der Waals surface area contributed by atoms with Crippen molar-refractivity contribution in [3.63, 3.8) is 0 Å². The molecule has 8 heteroatoms. The standard InChI is InChI=1S/C27H32F3N3O2/c1-4-6-14-26(3)24(17-34)32-23-16-21(12-13-22(23)33-26)31-25(35)15-19(7-5-2)18-8-10-20(11-9-18)27(28,29)30/h8-13,15-17,32-34H,4-7,14H2,1-3H3,(H,31,35)/b19-15+,24-17?. The summed E-state index contributed by atoms with van der Waals surface area (Å²) < 4.78 is 38.6. The van der Waals surface area contributed by atoms with Crippen molar-refractivity contribution < 1.29 is 23.1 Å². The van der Waals surface area contributed by atoms with Crippen LogP contribution in [0.1, 0.15) is 64.0 Å². The molecular weight excluding hydrogens is 455 g/mol. The second-order valence-corrected chi connectivity index (χ2v) is 8.97. The number of amides is 1. The Morgan fingerprint density at radius 3 is 2.40 bits per heavy atom. The van der Waals surface area contributed by atoms with Gasteiger partial charge in [0.1, 0.15) is 6.26 Å². The third kappa shape index (κ3) is 6.38. The molecule has 1 heterocycles. The molecule has 1 aliphatic heterocycles. The third-order valence-electron chi connectivity index (χ3n) is 6.13. The molecule has 0 aromatic heterocycles. The summed E-state index contributed by atoms with van der Waals surface area (Å²) in [7, 11) is 0. The Morgan fingerprint density at radius 1 is 1.09 bits per heavy atom. The number of rotatable bonds is 8. The molecule has 0 saturated carbocycles. The minimum atomic E-state index is -4.40. The smallest absolute Gasteiger partial charge is 0.416 e. The van der Waals surface area contributed by atoms with Crippen molar-refractivity contribution in [1.29, 1.82) is 0 Å². The average Bonchev–Trinajstić information content (AvgIpc) is 2.82. The molecule has 0 saturated heterocycles. The van der Waals surface area contributed by atoms with Crippen LogP contribution in [0.2, 0.25) is 0 Å². The lowest BCUT2D eigenvalue weighted by Gasteiger charge is -2.39. The maximum absolute atomic E-state index is 12.9. The summed E-state index contributed by atoms with van der Waals surface area (Å²) in [5, 5.41) is 19.3. The first kappa shape index (κ1) is 26.2. The number of aliphatic hydroxyl groups excluding tert-OH is 1. The molecule has 0 fully saturated rings. The Hall–Kier alpha value is -3.42. The van der Waals surface area contributed by atoms with Crippen molar-refractivity contribution in [1.82, 2.24) is 0 Å². The maximum atomic E-state index is 12.9. The van der Waals surface area contributed by atoms with E-state index in [1.165, 1.54) is 18.2 Å². The van der Waals surface area contributed by atoms with E-state index in [0.717, 1.165) is 55.5 Å². The van der Waals surface area contributed by atoms with Crippen LogP contribution in [0, 0.1) is 0 Å². The van der Waals surface area contributed by atoms with Crippen LogP contribution in [0.4, 0.5) is 30.2 Å². The van der Waals surface area contributed by atoms with Gasteiger partial charge in [-0.05, 0) is 61.2 Å². The number of hydrogen-bond donors (Lipinski definition) is 4. The van der Waals surface area contributed by atoms with Crippen molar-refractivity contribution in [3.05, 3.63) is 71.6 Å². The Kier molecular flexibility index (Phi) is 8.14. The van der Waals surface area contributed by atoms with Crippen LogP contribution in [0.5, 0.6) is 0 Å². The number of nitrogens with one attached hydrogen (secondary N) is 3. The van der Waals surface area contributed by atoms with E-state index >= 15 is 0 Å². The Morgan fingerprint density at radius 2 is 1.80 bits per heavy atom. The number of fused-ring (bicyclic) bond motifs is 1. The van der Waals surface area contributed by atoms with Crippen LogP contribution in [-0.2, 0) is 11.0 Å². The number of benzene rings is 2. The van der Waals surface area contributed by atoms with Gasteiger partial charge in [-0.3, -0.25) is 4.79 Å². The average molecular weight is 488 g/mol. The highest BCUT2D eigenvalue weighted by molar-refractivity contribution is 6.04. The largest absolute Gasteiger partial charge is 0.514 e. The minimum absolute atomic E-state index is 0.372. The minimum Gasteiger partial charge on any atom is -0.514 e. The molecule has 0 aliphatic carbocycles. The molecular formula is C27H32F3N3O2. The highest BCUT2D eigenvalue weighted by atomic mass is 19.4. The Bertz CT molecular complexity index is 1110. The van der Waals surface area contributed by atoms with Crippen molar-refractivity contribution in [2.24, 2.45) is 0 Å². The first-order valence-electron chi connectivity index (χ1n) is 11.8. The molecule has 4 N–H and O–H groups in total. The fourth-order valence-corrected chi connectivity index (χ4v) is 4.16. The molecule has 1 amide bonds. The summed E-state index contributed by atoms with van der Waals surface area (Å²) >= 11 is 0. The van der Waals surface area contributed by atoms with E-state index in [4.69, 9.17) is 0 Å². The number of hydrogen-bond acceptors (Lipinski definition) is 4. The first-order valence-corrected chi connectivity index (χ1v) is 11.8. The van der Waals surface area contributed by atoms with Gasteiger partial charge in [-0.25, -0.2) is 0 Å². The third-order valence-corrected chi connectivity index (χ3v) is 6.13. The number of carbonyl (C=O) groups excluding carboxylic acids is 1. The van der Waals surface area contributed by atoms with Crippen LogP contribution in [0.3, 0.4) is 0 Å². The lowest BCUT2D eigenvalue weighted by atomic mass is 9.88. The van der Waals surface area contributed by atoms with Gasteiger partial charge in [0, 0.05) is 11.8 Å².